The van der Waals surface area contributed by atoms with Gasteiger partial charge in [-0.25, -0.2) is 11.7 Å². The fraction of sp³-hybridized carbons (Fsp3) is 0.800. The molecular weight excluding hydrogens is 208 g/mol. The lowest BCUT2D eigenvalue weighted by Crippen LogP contribution is -2.56. The van der Waals surface area contributed by atoms with Crippen molar-refractivity contribution in [3.63, 3.8) is 0 Å². The predicted molar refractivity (Wildman–Crippen MR) is 57.2 cm³/mol. The standard InChI is InChI=1S/C10H18N4O2/c11-13-7(15)9-1-2-10(5-3-9,6-4-9)8(16)14-12/h1-6,11-12H2,(H,13,15)(H,14,16). The van der Waals surface area contributed by atoms with Crippen molar-refractivity contribution in [1.82, 2.24) is 10.9 Å². The van der Waals surface area contributed by atoms with Gasteiger partial charge in [-0.3, -0.25) is 20.4 Å². The second kappa shape index (κ2) is 3.71. The molecule has 3 aliphatic carbocycles. The van der Waals surface area contributed by atoms with Gasteiger partial charge in [0.1, 0.15) is 0 Å². The second-order valence-corrected chi connectivity index (χ2v) is 5.01. The first-order valence-corrected chi connectivity index (χ1v) is 5.61. The monoisotopic (exact) mass is 226 g/mol. The number of hydrogen-bond acceptors (Lipinski definition) is 4. The summed E-state index contributed by atoms with van der Waals surface area (Å²) in [7, 11) is 0. The highest BCUT2D eigenvalue weighted by Gasteiger charge is 2.55. The zero-order chi connectivity index (χ0) is 11.8. The first-order valence-electron chi connectivity index (χ1n) is 5.61. The van der Waals surface area contributed by atoms with E-state index in [2.05, 4.69) is 10.9 Å². The molecule has 6 nitrogen and oxygen atoms in total. The lowest BCUT2D eigenvalue weighted by atomic mass is 9.53. The van der Waals surface area contributed by atoms with Gasteiger partial charge in [-0.15, -0.1) is 0 Å². The Kier molecular flexibility index (Phi) is 2.63. The zero-order valence-corrected chi connectivity index (χ0v) is 9.21. The summed E-state index contributed by atoms with van der Waals surface area (Å²) in [6.45, 7) is 0. The van der Waals surface area contributed by atoms with E-state index in [4.69, 9.17) is 11.7 Å². The molecule has 0 heterocycles. The summed E-state index contributed by atoms with van der Waals surface area (Å²) in [5.41, 5.74) is 3.80. The fourth-order valence-corrected chi connectivity index (χ4v) is 3.17. The minimum atomic E-state index is -0.342. The first-order chi connectivity index (χ1) is 7.58. The van der Waals surface area contributed by atoms with Crippen molar-refractivity contribution in [2.45, 2.75) is 38.5 Å². The number of rotatable bonds is 2. The Morgan fingerprint density at radius 3 is 1.19 bits per heavy atom. The van der Waals surface area contributed by atoms with Crippen LogP contribution in [0.25, 0.3) is 0 Å². The Balaban J connectivity index is 2.14. The van der Waals surface area contributed by atoms with E-state index < -0.39 is 0 Å². The Morgan fingerprint density at radius 2 is 1.00 bits per heavy atom. The van der Waals surface area contributed by atoms with Gasteiger partial charge < -0.3 is 0 Å². The van der Waals surface area contributed by atoms with E-state index in [9.17, 15) is 9.59 Å². The molecule has 6 heteroatoms. The van der Waals surface area contributed by atoms with Crippen LogP contribution >= 0.6 is 0 Å². The highest BCUT2D eigenvalue weighted by molar-refractivity contribution is 5.86. The molecule has 3 saturated carbocycles. The summed E-state index contributed by atoms with van der Waals surface area (Å²) in [5, 5.41) is 0. The van der Waals surface area contributed by atoms with Crippen molar-refractivity contribution in [3.05, 3.63) is 0 Å². The Bertz CT molecular complexity index is 272. The molecule has 0 saturated heterocycles. The van der Waals surface area contributed by atoms with Crippen molar-refractivity contribution < 1.29 is 9.59 Å². The van der Waals surface area contributed by atoms with Crippen LogP contribution < -0.4 is 22.5 Å². The Hall–Kier alpha value is -1.14. The predicted octanol–water partition coefficient (Wildman–Crippen LogP) is -0.693. The fourth-order valence-electron chi connectivity index (χ4n) is 3.17. The van der Waals surface area contributed by atoms with E-state index in [1.54, 1.807) is 0 Å². The molecule has 3 rings (SSSR count). The average Bonchev–Trinajstić information content (AvgIpc) is 2.38. The van der Waals surface area contributed by atoms with Gasteiger partial charge in [0, 0.05) is 0 Å². The van der Waals surface area contributed by atoms with Crippen LogP contribution in [0.5, 0.6) is 0 Å². The number of hydrazine groups is 2. The molecule has 0 aromatic rings. The molecule has 0 aliphatic heterocycles. The highest BCUT2D eigenvalue weighted by atomic mass is 16.2. The number of amides is 2. The topological polar surface area (TPSA) is 110 Å². The van der Waals surface area contributed by atoms with E-state index in [1.165, 1.54) is 0 Å². The van der Waals surface area contributed by atoms with Crippen molar-refractivity contribution in [2.75, 3.05) is 0 Å². The molecule has 0 unspecified atom stereocenters. The third-order valence-electron chi connectivity index (χ3n) is 4.47. The number of hydrogen-bond donors (Lipinski definition) is 4. The molecule has 6 N–H and O–H groups in total. The van der Waals surface area contributed by atoms with Gasteiger partial charge in [-0.05, 0) is 38.5 Å². The summed E-state index contributed by atoms with van der Waals surface area (Å²) in [5.74, 6) is 10.2. The minimum Gasteiger partial charge on any atom is -0.294 e. The summed E-state index contributed by atoms with van der Waals surface area (Å²) in [4.78, 5) is 23.5. The SMILES string of the molecule is NNC(=O)C12CCC(C(=O)NN)(CC1)CC2. The molecule has 2 bridgehead atoms. The third kappa shape index (κ3) is 1.41. The van der Waals surface area contributed by atoms with Crippen molar-refractivity contribution >= 4 is 11.8 Å². The van der Waals surface area contributed by atoms with E-state index in [0.717, 1.165) is 38.5 Å². The molecule has 3 fully saturated rings. The second-order valence-electron chi connectivity index (χ2n) is 5.01. The van der Waals surface area contributed by atoms with E-state index >= 15 is 0 Å². The van der Waals surface area contributed by atoms with Gasteiger partial charge in [0.25, 0.3) is 0 Å². The number of fused-ring (bicyclic) bond motifs is 3. The van der Waals surface area contributed by atoms with Crippen LogP contribution in [0.1, 0.15) is 38.5 Å². The quantitative estimate of drug-likeness (QED) is 0.283. The van der Waals surface area contributed by atoms with Crippen LogP contribution in [0.2, 0.25) is 0 Å². The highest BCUT2D eigenvalue weighted by Crippen LogP contribution is 2.56. The van der Waals surface area contributed by atoms with E-state index in [-0.39, 0.29) is 22.6 Å². The molecule has 2 amide bonds. The molecule has 0 atom stereocenters. The van der Waals surface area contributed by atoms with Crippen LogP contribution in [0, 0.1) is 10.8 Å². The molecule has 16 heavy (non-hydrogen) atoms. The van der Waals surface area contributed by atoms with Crippen molar-refractivity contribution in [2.24, 2.45) is 22.5 Å². The van der Waals surface area contributed by atoms with Gasteiger partial charge in [-0.1, -0.05) is 0 Å². The average molecular weight is 226 g/mol. The maximum absolute atomic E-state index is 11.7. The van der Waals surface area contributed by atoms with Gasteiger partial charge in [0.05, 0.1) is 10.8 Å². The van der Waals surface area contributed by atoms with Crippen LogP contribution in [0.3, 0.4) is 0 Å². The first kappa shape index (κ1) is 11.3. The number of nitrogens with two attached hydrogens (primary N) is 2. The minimum absolute atomic E-state index is 0.0889. The van der Waals surface area contributed by atoms with E-state index in [0.29, 0.717) is 0 Å². The molecule has 90 valence electrons. The van der Waals surface area contributed by atoms with E-state index in [1.807, 2.05) is 0 Å². The third-order valence-corrected chi connectivity index (χ3v) is 4.47. The summed E-state index contributed by atoms with van der Waals surface area (Å²) in [6.07, 6.45) is 4.35. The van der Waals surface area contributed by atoms with Crippen LogP contribution in [0.4, 0.5) is 0 Å². The Morgan fingerprint density at radius 1 is 0.750 bits per heavy atom. The number of carbonyl (C=O) groups is 2. The Labute approximate surface area is 94.1 Å². The number of nitrogens with one attached hydrogen (secondary N) is 2. The van der Waals surface area contributed by atoms with Gasteiger partial charge >= 0.3 is 0 Å². The summed E-state index contributed by atoms with van der Waals surface area (Å²) >= 11 is 0. The zero-order valence-electron chi connectivity index (χ0n) is 9.21. The molecule has 0 aromatic heterocycles. The molecule has 0 spiro atoms. The van der Waals surface area contributed by atoms with Crippen LogP contribution in [-0.4, -0.2) is 11.8 Å². The van der Waals surface area contributed by atoms with Crippen LogP contribution in [0.15, 0.2) is 0 Å². The maximum atomic E-state index is 11.7. The largest absolute Gasteiger partial charge is 0.294 e. The lowest BCUT2D eigenvalue weighted by Gasteiger charge is -2.50. The molecule has 3 aliphatic rings. The smallest absolute Gasteiger partial charge is 0.240 e. The van der Waals surface area contributed by atoms with Crippen molar-refractivity contribution in [1.29, 1.82) is 0 Å². The van der Waals surface area contributed by atoms with Gasteiger partial charge in [-0.2, -0.15) is 0 Å². The number of carbonyl (C=O) groups excluding carboxylic acids is 2. The summed E-state index contributed by atoms with van der Waals surface area (Å²) < 4.78 is 0. The normalized spacial score (nSPS) is 36.9. The van der Waals surface area contributed by atoms with Crippen molar-refractivity contribution in [3.8, 4) is 0 Å². The summed E-state index contributed by atoms with van der Waals surface area (Å²) in [6, 6.07) is 0. The molecule has 0 aromatic carbocycles. The van der Waals surface area contributed by atoms with Gasteiger partial charge in [0.2, 0.25) is 11.8 Å². The molecule has 0 radical (unpaired) electrons. The van der Waals surface area contributed by atoms with Gasteiger partial charge in [0.15, 0.2) is 0 Å². The maximum Gasteiger partial charge on any atom is 0.240 e. The van der Waals surface area contributed by atoms with Crippen LogP contribution in [-0.2, 0) is 9.59 Å². The lowest BCUT2D eigenvalue weighted by molar-refractivity contribution is -0.150. The molecular formula is C10H18N4O2.